The fraction of sp³-hybridized carbons (Fsp3) is 0.625. The van der Waals surface area contributed by atoms with Gasteiger partial charge in [-0.05, 0) is 48.8 Å². The van der Waals surface area contributed by atoms with Gasteiger partial charge in [0.1, 0.15) is 0 Å². The van der Waals surface area contributed by atoms with Crippen molar-refractivity contribution in [2.24, 2.45) is 0 Å². The molecule has 0 saturated carbocycles. The third-order valence-electron chi connectivity index (χ3n) is 3.18. The summed E-state index contributed by atoms with van der Waals surface area (Å²) in [7, 11) is 0. The topological polar surface area (TPSA) is 12.0 Å². The van der Waals surface area contributed by atoms with E-state index < -0.39 is 0 Å². The molecular weight excluding hydrogens is 238 g/mol. The highest BCUT2D eigenvalue weighted by Gasteiger charge is 2.10. The predicted octanol–water partition coefficient (Wildman–Crippen LogP) is 3.97. The molecule has 1 unspecified atom stereocenters. The van der Waals surface area contributed by atoms with Gasteiger partial charge in [0.25, 0.3) is 0 Å². The van der Waals surface area contributed by atoms with Crippen molar-refractivity contribution < 1.29 is 0 Å². The number of benzene rings is 1. The van der Waals surface area contributed by atoms with Gasteiger partial charge in [-0.15, -0.1) is 0 Å². The summed E-state index contributed by atoms with van der Waals surface area (Å²) in [6, 6.07) is 7.43. The van der Waals surface area contributed by atoms with E-state index in [9.17, 15) is 0 Å². The van der Waals surface area contributed by atoms with Crippen LogP contribution in [0.2, 0.25) is 0 Å². The van der Waals surface area contributed by atoms with Crippen LogP contribution in [0, 0.1) is 13.8 Å². The molecule has 1 aromatic carbocycles. The molecule has 18 heavy (non-hydrogen) atoms. The fourth-order valence-electron chi connectivity index (χ4n) is 2.00. The molecule has 2 heteroatoms. The van der Waals surface area contributed by atoms with Crippen molar-refractivity contribution in [1.82, 2.24) is 5.32 Å². The Hall–Kier alpha value is -0.470. The lowest BCUT2D eigenvalue weighted by Gasteiger charge is -2.19. The molecule has 1 rings (SSSR count). The van der Waals surface area contributed by atoms with Crippen molar-refractivity contribution in [3.8, 4) is 0 Å². The van der Waals surface area contributed by atoms with Crippen molar-refractivity contribution in [3.63, 3.8) is 0 Å². The van der Waals surface area contributed by atoms with E-state index in [1.54, 1.807) is 0 Å². The maximum absolute atomic E-state index is 3.60. The van der Waals surface area contributed by atoms with E-state index in [2.05, 4.69) is 58.1 Å². The van der Waals surface area contributed by atoms with E-state index in [0.717, 1.165) is 13.0 Å². The smallest absolute Gasteiger partial charge is 0.0198 e. The van der Waals surface area contributed by atoms with Crippen LogP contribution in [0.5, 0.6) is 0 Å². The zero-order valence-corrected chi connectivity index (χ0v) is 13.2. The molecule has 0 amide bonds. The first-order valence-electron chi connectivity index (χ1n) is 6.94. The fourth-order valence-corrected chi connectivity index (χ4v) is 2.86. The molecule has 0 aliphatic heterocycles. The monoisotopic (exact) mass is 265 g/mol. The summed E-state index contributed by atoms with van der Waals surface area (Å²) in [5, 5.41) is 4.31. The van der Waals surface area contributed by atoms with Gasteiger partial charge in [-0.1, -0.05) is 39.0 Å². The molecule has 0 spiro atoms. The first-order valence-corrected chi connectivity index (χ1v) is 7.99. The molecule has 1 nitrogen and oxygen atoms in total. The van der Waals surface area contributed by atoms with E-state index in [4.69, 9.17) is 0 Å². The Morgan fingerprint density at radius 1 is 1.17 bits per heavy atom. The lowest BCUT2D eigenvalue weighted by molar-refractivity contribution is 0.572. The number of aryl methyl sites for hydroxylation is 2. The van der Waals surface area contributed by atoms with Crippen LogP contribution in [-0.4, -0.2) is 23.6 Å². The predicted molar refractivity (Wildman–Crippen MR) is 84.7 cm³/mol. The zero-order valence-electron chi connectivity index (χ0n) is 12.4. The Bertz CT molecular complexity index is 360. The van der Waals surface area contributed by atoms with E-state index in [1.807, 2.05) is 11.8 Å². The Labute approximate surface area is 117 Å². The molecule has 1 aromatic rings. The van der Waals surface area contributed by atoms with Crippen LogP contribution in [0.4, 0.5) is 0 Å². The maximum Gasteiger partial charge on any atom is 0.0198 e. The van der Waals surface area contributed by atoms with E-state index >= 15 is 0 Å². The standard InChI is InChI=1S/C16H27NS/c1-6-17-16(11-18-12(2)3)10-15-8-7-13(4)14(5)9-15/h7-9,12,16-17H,6,10-11H2,1-5H3. The zero-order chi connectivity index (χ0) is 13.5. The Morgan fingerprint density at radius 2 is 1.89 bits per heavy atom. The summed E-state index contributed by atoms with van der Waals surface area (Å²) >= 11 is 2.04. The highest BCUT2D eigenvalue weighted by molar-refractivity contribution is 7.99. The Morgan fingerprint density at radius 3 is 2.44 bits per heavy atom. The quantitative estimate of drug-likeness (QED) is 0.800. The van der Waals surface area contributed by atoms with E-state index in [0.29, 0.717) is 11.3 Å². The SMILES string of the molecule is CCNC(CSC(C)C)Cc1ccc(C)c(C)c1. The van der Waals surface area contributed by atoms with E-state index in [1.165, 1.54) is 22.4 Å². The number of hydrogen-bond donors (Lipinski definition) is 1. The van der Waals surface area contributed by atoms with Gasteiger partial charge >= 0.3 is 0 Å². The second-order valence-corrected chi connectivity index (χ2v) is 6.87. The van der Waals surface area contributed by atoms with Crippen molar-refractivity contribution in [2.45, 2.75) is 52.3 Å². The van der Waals surface area contributed by atoms with Gasteiger partial charge in [0.15, 0.2) is 0 Å². The average molecular weight is 265 g/mol. The van der Waals surface area contributed by atoms with Gasteiger partial charge < -0.3 is 5.32 Å². The first kappa shape index (κ1) is 15.6. The van der Waals surface area contributed by atoms with Gasteiger partial charge in [-0.2, -0.15) is 11.8 Å². The van der Waals surface area contributed by atoms with Crippen LogP contribution in [-0.2, 0) is 6.42 Å². The molecule has 0 aliphatic rings. The molecule has 1 N–H and O–H groups in total. The van der Waals surface area contributed by atoms with Gasteiger partial charge in [0.2, 0.25) is 0 Å². The van der Waals surface area contributed by atoms with Crippen molar-refractivity contribution in [3.05, 3.63) is 34.9 Å². The molecule has 0 aliphatic carbocycles. The summed E-state index contributed by atoms with van der Waals surface area (Å²) in [5.41, 5.74) is 4.24. The summed E-state index contributed by atoms with van der Waals surface area (Å²) in [6.45, 7) is 12.1. The van der Waals surface area contributed by atoms with Crippen LogP contribution >= 0.6 is 11.8 Å². The minimum Gasteiger partial charge on any atom is -0.313 e. The molecule has 0 bridgehead atoms. The van der Waals surface area contributed by atoms with Crippen molar-refractivity contribution in [1.29, 1.82) is 0 Å². The van der Waals surface area contributed by atoms with Gasteiger partial charge in [0, 0.05) is 11.8 Å². The number of hydrogen-bond acceptors (Lipinski definition) is 2. The van der Waals surface area contributed by atoms with Crippen molar-refractivity contribution >= 4 is 11.8 Å². The maximum atomic E-state index is 3.60. The lowest BCUT2D eigenvalue weighted by atomic mass is 10.0. The van der Waals surface area contributed by atoms with Crippen LogP contribution in [0.1, 0.15) is 37.5 Å². The van der Waals surface area contributed by atoms with Crippen molar-refractivity contribution in [2.75, 3.05) is 12.3 Å². The molecule has 102 valence electrons. The minimum atomic E-state index is 0.588. The third kappa shape index (κ3) is 5.45. The second-order valence-electron chi connectivity index (χ2n) is 5.26. The Balaban J connectivity index is 2.61. The van der Waals surface area contributed by atoms with Crippen LogP contribution in [0.15, 0.2) is 18.2 Å². The van der Waals surface area contributed by atoms with Gasteiger partial charge in [0.05, 0.1) is 0 Å². The summed E-state index contributed by atoms with van der Waals surface area (Å²) < 4.78 is 0. The normalized spacial score (nSPS) is 13.0. The average Bonchev–Trinajstić information content (AvgIpc) is 2.31. The third-order valence-corrected chi connectivity index (χ3v) is 4.44. The molecule has 1 atom stereocenters. The highest BCUT2D eigenvalue weighted by atomic mass is 32.2. The minimum absolute atomic E-state index is 0.588. The van der Waals surface area contributed by atoms with Crippen LogP contribution in [0.3, 0.4) is 0 Å². The lowest BCUT2D eigenvalue weighted by Crippen LogP contribution is -2.33. The van der Waals surface area contributed by atoms with Crippen LogP contribution < -0.4 is 5.32 Å². The summed E-state index contributed by atoms with van der Waals surface area (Å²) in [4.78, 5) is 0. The van der Waals surface area contributed by atoms with Gasteiger partial charge in [-0.25, -0.2) is 0 Å². The van der Waals surface area contributed by atoms with Gasteiger partial charge in [-0.3, -0.25) is 0 Å². The summed E-state index contributed by atoms with van der Waals surface area (Å²) in [5.74, 6) is 1.19. The molecule has 0 saturated heterocycles. The van der Waals surface area contributed by atoms with Crippen LogP contribution in [0.25, 0.3) is 0 Å². The first-order chi connectivity index (χ1) is 8.52. The Kier molecular flexibility index (Phi) is 6.80. The van der Waals surface area contributed by atoms with E-state index in [-0.39, 0.29) is 0 Å². The number of nitrogens with one attached hydrogen (secondary N) is 1. The largest absolute Gasteiger partial charge is 0.313 e. The number of likely N-dealkylation sites (N-methyl/N-ethyl adjacent to an activating group) is 1. The molecule has 0 fully saturated rings. The second kappa shape index (κ2) is 7.85. The number of thioether (sulfide) groups is 1. The molecule has 0 aromatic heterocycles. The molecule has 0 heterocycles. The highest BCUT2D eigenvalue weighted by Crippen LogP contribution is 2.16. The number of rotatable bonds is 7. The molecular formula is C16H27NS. The summed E-state index contributed by atoms with van der Waals surface area (Å²) in [6.07, 6.45) is 1.13. The molecule has 0 radical (unpaired) electrons.